The third kappa shape index (κ3) is 3.85. The summed E-state index contributed by atoms with van der Waals surface area (Å²) in [5.41, 5.74) is 7.25. The van der Waals surface area contributed by atoms with Gasteiger partial charge in [-0.1, -0.05) is 154 Å². The Kier molecular flexibility index (Phi) is 6.38. The lowest BCUT2D eigenvalue weighted by Gasteiger charge is -2.22. The molecule has 0 N–H and O–H groups in total. The van der Waals surface area contributed by atoms with Crippen LogP contribution in [-0.2, 0) is 0 Å². The molecular weight excluding hydrogens is 480 g/mol. The molecule has 190 valence electrons. The number of benzene rings is 6. The Morgan fingerprint density at radius 1 is 0.550 bits per heavy atom. The molecule has 0 radical (unpaired) electrons. The molecule has 0 aromatic heterocycles. The van der Waals surface area contributed by atoms with Gasteiger partial charge in [0.15, 0.2) is 0 Å². The van der Waals surface area contributed by atoms with Crippen molar-refractivity contribution in [3.05, 3.63) is 163 Å². The van der Waals surface area contributed by atoms with Gasteiger partial charge in [0, 0.05) is 0 Å². The Morgan fingerprint density at radius 3 is 1.80 bits per heavy atom. The summed E-state index contributed by atoms with van der Waals surface area (Å²) in [6.45, 7) is 21.9. The minimum atomic E-state index is 0.884. The molecule has 0 spiro atoms. The highest BCUT2D eigenvalue weighted by molar-refractivity contribution is 6.17. The molecule has 6 rings (SSSR count). The van der Waals surface area contributed by atoms with Gasteiger partial charge in [0.1, 0.15) is 0 Å². The molecule has 0 heteroatoms. The molecule has 6 aromatic rings. The normalized spacial score (nSPS) is 11.9. The summed E-state index contributed by atoms with van der Waals surface area (Å²) < 4.78 is 0. The van der Waals surface area contributed by atoms with Gasteiger partial charge < -0.3 is 0 Å². The topological polar surface area (TPSA) is 0 Å². The summed E-state index contributed by atoms with van der Waals surface area (Å²) in [6, 6.07) is 36.1. The second kappa shape index (κ2) is 10.2. The Morgan fingerprint density at radius 2 is 1.12 bits per heavy atom. The van der Waals surface area contributed by atoms with Crippen molar-refractivity contribution < 1.29 is 0 Å². The van der Waals surface area contributed by atoms with Crippen molar-refractivity contribution >= 4 is 62.2 Å². The first-order chi connectivity index (χ1) is 19.6. The van der Waals surface area contributed by atoms with E-state index in [-0.39, 0.29) is 0 Å². The van der Waals surface area contributed by atoms with Crippen molar-refractivity contribution in [2.75, 3.05) is 0 Å². The van der Waals surface area contributed by atoms with Crippen LogP contribution in [0.3, 0.4) is 0 Å². The molecule has 0 unspecified atom stereocenters. The number of allylic oxidation sites excluding steroid dienone is 2. The van der Waals surface area contributed by atoms with Gasteiger partial charge in [0.2, 0.25) is 0 Å². The average molecular weight is 511 g/mol. The third-order valence-electron chi connectivity index (χ3n) is 7.88. The zero-order valence-electron chi connectivity index (χ0n) is 22.6. The highest BCUT2D eigenvalue weighted by atomic mass is 14.2. The van der Waals surface area contributed by atoms with E-state index in [0.29, 0.717) is 0 Å². The first-order valence-electron chi connectivity index (χ1n) is 13.4. The van der Waals surface area contributed by atoms with Crippen molar-refractivity contribution in [1.82, 2.24) is 0 Å². The van der Waals surface area contributed by atoms with Gasteiger partial charge in [0.25, 0.3) is 0 Å². The lowest BCUT2D eigenvalue weighted by atomic mass is 9.81. The molecule has 0 heterocycles. The maximum atomic E-state index is 4.69. The Labute approximate surface area is 235 Å². The molecule has 0 nitrogen and oxygen atoms in total. The zero-order valence-corrected chi connectivity index (χ0v) is 22.6. The van der Waals surface area contributed by atoms with Crippen LogP contribution < -0.4 is 10.4 Å². The first kappa shape index (κ1) is 25.1. The highest BCUT2D eigenvalue weighted by Gasteiger charge is 2.21. The minimum Gasteiger partial charge on any atom is -0.0984 e. The van der Waals surface area contributed by atoms with Crippen LogP contribution >= 0.6 is 0 Å². The quantitative estimate of drug-likeness (QED) is 0.209. The Balaban J connectivity index is 1.77. The lowest BCUT2D eigenvalue weighted by molar-refractivity contribution is 1.55. The second-order valence-electron chi connectivity index (χ2n) is 9.98. The third-order valence-corrected chi connectivity index (χ3v) is 7.88. The van der Waals surface area contributed by atoms with E-state index >= 15 is 0 Å². The van der Waals surface area contributed by atoms with E-state index in [1.54, 1.807) is 0 Å². The summed E-state index contributed by atoms with van der Waals surface area (Å²) in [5, 5.41) is 8.94. The van der Waals surface area contributed by atoms with Crippen LogP contribution in [0, 0.1) is 0 Å². The van der Waals surface area contributed by atoms with Crippen molar-refractivity contribution in [2.24, 2.45) is 0 Å². The van der Waals surface area contributed by atoms with Gasteiger partial charge in [-0.3, -0.25) is 0 Å². The van der Waals surface area contributed by atoms with Crippen LogP contribution in [0.2, 0.25) is 0 Å². The fourth-order valence-corrected chi connectivity index (χ4v) is 6.11. The number of hydrogen-bond acceptors (Lipinski definition) is 0. The van der Waals surface area contributed by atoms with E-state index in [4.69, 9.17) is 0 Å². The van der Waals surface area contributed by atoms with Gasteiger partial charge in [-0.15, -0.1) is 0 Å². The molecule has 6 aromatic carbocycles. The summed E-state index contributed by atoms with van der Waals surface area (Å²) in [6.07, 6.45) is 5.80. The molecule has 0 fully saturated rings. The highest BCUT2D eigenvalue weighted by Crippen LogP contribution is 2.44. The molecular formula is C40H30. The van der Waals surface area contributed by atoms with Gasteiger partial charge >= 0.3 is 0 Å². The van der Waals surface area contributed by atoms with E-state index in [0.717, 1.165) is 65.4 Å². The predicted molar refractivity (Wildman–Crippen MR) is 178 cm³/mol. The van der Waals surface area contributed by atoms with Crippen LogP contribution in [-0.4, -0.2) is 0 Å². The monoisotopic (exact) mass is 510 g/mol. The van der Waals surface area contributed by atoms with Crippen molar-refractivity contribution in [3.8, 4) is 11.1 Å². The largest absolute Gasteiger partial charge is 0.0984 e. The van der Waals surface area contributed by atoms with E-state index in [1.165, 1.54) is 16.3 Å². The fourth-order valence-electron chi connectivity index (χ4n) is 6.11. The molecule has 0 amide bonds. The molecule has 0 aliphatic carbocycles. The van der Waals surface area contributed by atoms with E-state index in [1.807, 2.05) is 18.2 Å². The molecule has 0 aliphatic heterocycles. The molecule has 0 saturated carbocycles. The molecule has 0 atom stereocenters. The SMILES string of the molecule is C=C/C(C(=C)c1c(C=C)c(C=C)c(-c2cccc3ccccc23)c2ccccc12)=c1\c(=C)ccc2ccccc12. The van der Waals surface area contributed by atoms with Gasteiger partial charge in [-0.05, 0) is 81.7 Å². The molecule has 40 heavy (non-hydrogen) atoms. The minimum absolute atomic E-state index is 0.884. The fraction of sp³-hybridized carbons (Fsp3) is 0. The molecule has 0 bridgehead atoms. The van der Waals surface area contributed by atoms with Crippen LogP contribution in [0.4, 0.5) is 0 Å². The van der Waals surface area contributed by atoms with Gasteiger partial charge in [0.05, 0.1) is 0 Å². The average Bonchev–Trinajstić information content (AvgIpc) is 3.00. The van der Waals surface area contributed by atoms with E-state index in [2.05, 4.69) is 136 Å². The maximum absolute atomic E-state index is 4.69. The maximum Gasteiger partial charge on any atom is -0.00204 e. The lowest BCUT2D eigenvalue weighted by Crippen LogP contribution is -2.26. The van der Waals surface area contributed by atoms with Gasteiger partial charge in [-0.2, -0.15) is 0 Å². The van der Waals surface area contributed by atoms with Gasteiger partial charge in [-0.25, -0.2) is 0 Å². The van der Waals surface area contributed by atoms with E-state index in [9.17, 15) is 0 Å². The van der Waals surface area contributed by atoms with Crippen LogP contribution in [0.5, 0.6) is 0 Å². The van der Waals surface area contributed by atoms with E-state index < -0.39 is 0 Å². The zero-order chi connectivity index (χ0) is 27.8. The summed E-state index contributed by atoms with van der Waals surface area (Å²) >= 11 is 0. The second-order valence-corrected chi connectivity index (χ2v) is 9.98. The molecule has 0 saturated heterocycles. The summed E-state index contributed by atoms with van der Waals surface area (Å²) in [4.78, 5) is 0. The smallest absolute Gasteiger partial charge is 0.00204 e. The summed E-state index contributed by atoms with van der Waals surface area (Å²) in [7, 11) is 0. The summed E-state index contributed by atoms with van der Waals surface area (Å²) in [5.74, 6) is 0. The number of hydrogen-bond donors (Lipinski definition) is 0. The van der Waals surface area contributed by atoms with Crippen molar-refractivity contribution in [1.29, 1.82) is 0 Å². The Bertz CT molecular complexity index is 2130. The first-order valence-corrected chi connectivity index (χ1v) is 13.4. The van der Waals surface area contributed by atoms with Crippen LogP contribution in [0.25, 0.3) is 73.3 Å². The number of fused-ring (bicyclic) bond motifs is 3. The molecule has 0 aliphatic rings. The number of rotatable bonds is 6. The van der Waals surface area contributed by atoms with Crippen LogP contribution in [0.1, 0.15) is 16.7 Å². The standard InChI is InChI=1S/C40H30/c1-6-30(38-26(4)24-25-29-17-10-12-20-34(29)38)27(5)39-31(7-2)32(8-3)40(37-22-14-13-21-36(37)39)35-23-15-18-28-16-9-11-19-33(28)35/h6-25H,1-5H2/b38-30-. The predicted octanol–water partition coefficient (Wildman–Crippen LogP) is 9.56. The Hall–Kier alpha value is -5.20. The van der Waals surface area contributed by atoms with Crippen molar-refractivity contribution in [2.45, 2.75) is 0 Å². The van der Waals surface area contributed by atoms with Crippen LogP contribution in [0.15, 0.2) is 136 Å². The van der Waals surface area contributed by atoms with Crippen molar-refractivity contribution in [3.63, 3.8) is 0 Å².